The van der Waals surface area contributed by atoms with Crippen molar-refractivity contribution >= 4 is 60.6 Å². The van der Waals surface area contributed by atoms with Crippen LogP contribution in [0.1, 0.15) is 37.4 Å². The third-order valence-corrected chi connectivity index (χ3v) is 8.62. The molecule has 45 heavy (non-hydrogen) atoms. The zero-order valence-corrected chi connectivity index (χ0v) is 26.7. The fraction of sp³-hybridized carbons (Fsp3) is 0.156. The number of ether oxygens (including phenoxy) is 1. The Hall–Kier alpha value is -4.33. The van der Waals surface area contributed by atoms with Gasteiger partial charge in [-0.25, -0.2) is 0 Å². The van der Waals surface area contributed by atoms with E-state index in [0.29, 0.717) is 27.6 Å². The van der Waals surface area contributed by atoms with Crippen LogP contribution in [-0.2, 0) is 16.7 Å². The lowest BCUT2D eigenvalue weighted by Crippen LogP contribution is -2.26. The Balaban J connectivity index is 0.000000354. The van der Waals surface area contributed by atoms with Crippen molar-refractivity contribution in [2.75, 3.05) is 18.5 Å². The summed E-state index contributed by atoms with van der Waals surface area (Å²) in [6.45, 7) is 4.09. The number of anilines is 1. The first-order valence-corrected chi connectivity index (χ1v) is 16.2. The fourth-order valence-corrected chi connectivity index (χ4v) is 5.78. The standard InChI is InChI=1S/C25H22ClN3O4S.C7H8O3S/c1-15-5-6-19(29-24(31)16-3-2-4-18(26)9-16)10-22(15)33-13-17-14-34-23-20(17)11-27-12-21(23)25(32)28-7-8-30;1-6-2-4-7(5-3-6)11(8,9)10/h2-6,9-12,14,30H,7-8,13H2,1H3,(H,28,32)(H,29,31);2-5H,1H3,(H,8,9,10). The Morgan fingerprint density at radius 1 is 1.00 bits per heavy atom. The highest BCUT2D eigenvalue weighted by Crippen LogP contribution is 2.31. The van der Waals surface area contributed by atoms with E-state index < -0.39 is 10.1 Å². The highest BCUT2D eigenvalue weighted by Gasteiger charge is 2.15. The second-order valence-corrected chi connectivity index (χ2v) is 12.6. The van der Waals surface area contributed by atoms with E-state index in [-0.39, 0.29) is 36.5 Å². The zero-order chi connectivity index (χ0) is 32.6. The molecule has 0 saturated carbocycles. The van der Waals surface area contributed by atoms with E-state index >= 15 is 0 Å². The Morgan fingerprint density at radius 3 is 2.44 bits per heavy atom. The number of nitrogens with one attached hydrogen (secondary N) is 2. The van der Waals surface area contributed by atoms with Crippen LogP contribution in [0.25, 0.3) is 10.1 Å². The molecule has 2 amide bonds. The van der Waals surface area contributed by atoms with Gasteiger partial charge in [0.15, 0.2) is 0 Å². The number of hydrogen-bond acceptors (Lipinski definition) is 8. The number of fused-ring (bicyclic) bond motifs is 1. The Morgan fingerprint density at radius 2 is 1.76 bits per heavy atom. The van der Waals surface area contributed by atoms with Crippen LogP contribution >= 0.6 is 22.9 Å². The van der Waals surface area contributed by atoms with Gasteiger partial charge in [0.1, 0.15) is 12.4 Å². The SMILES string of the molecule is Cc1ccc(NC(=O)c2cccc(Cl)c2)cc1OCc1csc2c(C(=O)NCCO)cncc12.Cc1ccc(S(=O)(=O)O)cc1. The van der Waals surface area contributed by atoms with Crippen LogP contribution in [0.5, 0.6) is 5.75 Å². The van der Waals surface area contributed by atoms with Crippen LogP contribution in [0.15, 0.2) is 89.4 Å². The number of hydrogen-bond donors (Lipinski definition) is 4. The minimum Gasteiger partial charge on any atom is -0.489 e. The molecule has 5 aromatic rings. The van der Waals surface area contributed by atoms with Gasteiger partial charge in [-0.1, -0.05) is 41.4 Å². The molecule has 3 aromatic carbocycles. The molecule has 0 spiro atoms. The summed E-state index contributed by atoms with van der Waals surface area (Å²) in [4.78, 5) is 29.0. The smallest absolute Gasteiger partial charge is 0.294 e. The van der Waals surface area contributed by atoms with Crippen molar-refractivity contribution in [2.24, 2.45) is 0 Å². The normalized spacial score (nSPS) is 11.0. The molecule has 4 N–H and O–H groups in total. The third kappa shape index (κ3) is 9.10. The van der Waals surface area contributed by atoms with Gasteiger partial charge in [0.2, 0.25) is 0 Å². The molecular formula is C32H30ClN3O7S2. The van der Waals surface area contributed by atoms with Gasteiger partial charge in [-0.3, -0.25) is 19.1 Å². The molecule has 0 aliphatic heterocycles. The average molecular weight is 668 g/mol. The minimum atomic E-state index is -4.02. The third-order valence-electron chi connectivity index (χ3n) is 6.44. The topological polar surface area (TPSA) is 155 Å². The van der Waals surface area contributed by atoms with Crippen molar-refractivity contribution in [3.63, 3.8) is 0 Å². The number of pyridine rings is 1. The molecule has 0 bridgehead atoms. The van der Waals surface area contributed by atoms with Gasteiger partial charge in [0.05, 0.1) is 21.8 Å². The Bertz CT molecular complexity index is 1930. The lowest BCUT2D eigenvalue weighted by Gasteiger charge is -2.12. The van der Waals surface area contributed by atoms with Crippen LogP contribution in [0, 0.1) is 13.8 Å². The maximum absolute atomic E-state index is 12.5. The lowest BCUT2D eigenvalue weighted by atomic mass is 10.1. The van der Waals surface area contributed by atoms with E-state index in [0.717, 1.165) is 26.8 Å². The minimum absolute atomic E-state index is 0.0666. The van der Waals surface area contributed by atoms with E-state index in [1.54, 1.807) is 48.7 Å². The summed E-state index contributed by atoms with van der Waals surface area (Å²) in [5.74, 6) is 0.0905. The first kappa shape index (κ1) is 33.6. The van der Waals surface area contributed by atoms with Gasteiger partial charge in [-0.2, -0.15) is 8.42 Å². The monoisotopic (exact) mass is 667 g/mol. The quantitative estimate of drug-likeness (QED) is 0.138. The van der Waals surface area contributed by atoms with Crippen molar-refractivity contribution < 1.29 is 32.4 Å². The molecule has 0 aliphatic rings. The van der Waals surface area contributed by atoms with Crippen LogP contribution in [-0.4, -0.2) is 48.0 Å². The van der Waals surface area contributed by atoms with Crippen molar-refractivity contribution in [1.29, 1.82) is 0 Å². The second kappa shape index (κ2) is 15.1. The number of carbonyl (C=O) groups excluding carboxylic acids is 2. The molecule has 0 radical (unpaired) electrons. The second-order valence-electron chi connectivity index (χ2n) is 9.83. The number of carbonyl (C=O) groups is 2. The molecule has 5 rings (SSSR count). The van der Waals surface area contributed by atoms with Crippen molar-refractivity contribution in [3.05, 3.63) is 117 Å². The summed E-state index contributed by atoms with van der Waals surface area (Å²) >= 11 is 7.42. The molecule has 0 aliphatic carbocycles. The summed E-state index contributed by atoms with van der Waals surface area (Å²) < 4.78 is 36.4. The number of aromatic nitrogens is 1. The molecule has 0 unspecified atom stereocenters. The number of benzene rings is 3. The van der Waals surface area contributed by atoms with Crippen molar-refractivity contribution in [1.82, 2.24) is 10.3 Å². The van der Waals surface area contributed by atoms with E-state index in [4.69, 9.17) is 26.0 Å². The maximum atomic E-state index is 12.5. The predicted molar refractivity (Wildman–Crippen MR) is 175 cm³/mol. The van der Waals surface area contributed by atoms with Crippen molar-refractivity contribution in [2.45, 2.75) is 25.3 Å². The molecule has 2 heterocycles. The molecule has 0 fully saturated rings. The van der Waals surface area contributed by atoms with Gasteiger partial charge in [-0.15, -0.1) is 11.3 Å². The number of thiophene rings is 1. The highest BCUT2D eigenvalue weighted by atomic mass is 35.5. The largest absolute Gasteiger partial charge is 0.489 e. The number of rotatable bonds is 9. The number of amides is 2. The lowest BCUT2D eigenvalue weighted by molar-refractivity contribution is 0.0945. The maximum Gasteiger partial charge on any atom is 0.294 e. The average Bonchev–Trinajstić information content (AvgIpc) is 3.43. The van der Waals surface area contributed by atoms with Crippen LogP contribution in [0.4, 0.5) is 5.69 Å². The Labute approximate surface area is 269 Å². The van der Waals surface area contributed by atoms with Crippen molar-refractivity contribution in [3.8, 4) is 5.75 Å². The summed E-state index contributed by atoms with van der Waals surface area (Å²) in [7, 11) is -4.02. The van der Waals surface area contributed by atoms with Crippen LogP contribution in [0.2, 0.25) is 5.02 Å². The zero-order valence-electron chi connectivity index (χ0n) is 24.3. The molecule has 13 heteroatoms. The van der Waals surface area contributed by atoms with Crippen LogP contribution < -0.4 is 15.4 Å². The summed E-state index contributed by atoms with van der Waals surface area (Å²) in [6.07, 6.45) is 3.23. The number of aliphatic hydroxyl groups excluding tert-OH is 1. The summed E-state index contributed by atoms with van der Waals surface area (Å²) in [5.41, 5.74) is 4.30. The fourth-order valence-electron chi connectivity index (χ4n) is 4.07. The first-order valence-electron chi connectivity index (χ1n) is 13.5. The highest BCUT2D eigenvalue weighted by molar-refractivity contribution is 7.85. The molecule has 0 atom stereocenters. The van der Waals surface area contributed by atoms with E-state index in [9.17, 15) is 18.0 Å². The molecule has 2 aromatic heterocycles. The first-order chi connectivity index (χ1) is 21.5. The molecule has 0 saturated heterocycles. The van der Waals surface area contributed by atoms with Gasteiger partial charge in [-0.05, 0) is 61.2 Å². The molecule has 234 valence electrons. The Kier molecular flexibility index (Phi) is 11.3. The molecule has 10 nitrogen and oxygen atoms in total. The van der Waals surface area contributed by atoms with E-state index in [1.165, 1.54) is 29.7 Å². The predicted octanol–water partition coefficient (Wildman–Crippen LogP) is 6.05. The van der Waals surface area contributed by atoms with Gasteiger partial charge in [0, 0.05) is 52.2 Å². The molecular weight excluding hydrogens is 638 g/mol. The van der Waals surface area contributed by atoms with E-state index in [2.05, 4.69) is 15.6 Å². The van der Waals surface area contributed by atoms with Crippen LogP contribution in [0.3, 0.4) is 0 Å². The van der Waals surface area contributed by atoms with Gasteiger partial charge in [0.25, 0.3) is 21.9 Å². The number of aliphatic hydroxyl groups is 1. The van der Waals surface area contributed by atoms with Gasteiger partial charge < -0.3 is 20.5 Å². The van der Waals surface area contributed by atoms with E-state index in [1.807, 2.05) is 31.4 Å². The summed E-state index contributed by atoms with van der Waals surface area (Å²) in [6, 6.07) is 18.2. The summed E-state index contributed by atoms with van der Waals surface area (Å²) in [5, 5.41) is 17.7. The number of aryl methyl sites for hydroxylation is 2. The number of halogens is 1. The van der Waals surface area contributed by atoms with Gasteiger partial charge >= 0.3 is 0 Å². The number of nitrogens with zero attached hydrogens (tertiary/aromatic N) is 1.